The van der Waals surface area contributed by atoms with Gasteiger partial charge >= 0.3 is 0 Å². The van der Waals surface area contributed by atoms with E-state index in [0.717, 1.165) is 18.9 Å². The molecule has 2 atom stereocenters. The number of aromatic nitrogens is 1. The Bertz CT molecular complexity index is 322. The van der Waals surface area contributed by atoms with Crippen LogP contribution >= 0.6 is 0 Å². The lowest BCUT2D eigenvalue weighted by Crippen LogP contribution is -2.45. The summed E-state index contributed by atoms with van der Waals surface area (Å²) in [5, 5.41) is 0. The van der Waals surface area contributed by atoms with Crippen molar-refractivity contribution in [3.63, 3.8) is 0 Å². The Morgan fingerprint density at radius 3 is 2.47 bits per heavy atom. The smallest absolute Gasteiger partial charge is 0.204 e. The van der Waals surface area contributed by atoms with Crippen LogP contribution in [-0.2, 0) is 9.53 Å². The van der Waals surface area contributed by atoms with Crippen LogP contribution in [0, 0.1) is 0 Å². The van der Waals surface area contributed by atoms with E-state index in [4.69, 9.17) is 9.53 Å². The fraction of sp³-hybridized carbons (Fsp3) is 0.500. The van der Waals surface area contributed by atoms with Crippen LogP contribution in [0.2, 0.25) is 0 Å². The Morgan fingerprint density at radius 1 is 1.41 bits per heavy atom. The number of carbonyl (C=O) groups excluding carboxylic acids is 1. The van der Waals surface area contributed by atoms with Crippen molar-refractivity contribution in [2.75, 3.05) is 18.0 Å². The summed E-state index contributed by atoms with van der Waals surface area (Å²) in [6.07, 6.45) is 2.67. The van der Waals surface area contributed by atoms with Gasteiger partial charge in [0.15, 0.2) is 0 Å². The summed E-state index contributed by atoms with van der Waals surface area (Å²) >= 11 is 0. The molecule has 17 heavy (non-hydrogen) atoms. The highest BCUT2D eigenvalue weighted by Crippen LogP contribution is 2.17. The normalized spacial score (nSPS) is 23.5. The predicted molar refractivity (Wildman–Crippen MR) is 66.7 cm³/mol. The molecule has 2 unspecified atom stereocenters. The molecular weight excluding hydrogens is 218 g/mol. The molecule has 2 N–H and O–H groups in total. The van der Waals surface area contributed by atoms with Crippen LogP contribution in [-0.4, -0.2) is 36.7 Å². The number of carbonyl (C=O) groups is 1. The van der Waals surface area contributed by atoms with Crippen molar-refractivity contribution in [2.45, 2.75) is 26.1 Å². The highest BCUT2D eigenvalue weighted by Gasteiger charge is 2.22. The molecule has 0 aromatic carbocycles. The minimum atomic E-state index is 0.250. The van der Waals surface area contributed by atoms with Crippen molar-refractivity contribution in [3.05, 3.63) is 24.4 Å². The molecule has 1 fully saturated rings. The fourth-order valence-electron chi connectivity index (χ4n) is 1.91. The van der Waals surface area contributed by atoms with Gasteiger partial charge in [0.05, 0.1) is 12.2 Å². The fourth-order valence-corrected chi connectivity index (χ4v) is 1.91. The summed E-state index contributed by atoms with van der Waals surface area (Å²) < 4.78 is 5.67. The summed E-state index contributed by atoms with van der Waals surface area (Å²) in [6.45, 7) is 6.07. The lowest BCUT2D eigenvalue weighted by molar-refractivity contribution is -0.106. The van der Waals surface area contributed by atoms with E-state index >= 15 is 0 Å². The number of primary amides is 1. The minimum Gasteiger partial charge on any atom is -0.372 e. The second kappa shape index (κ2) is 6.85. The predicted octanol–water partition coefficient (Wildman–Crippen LogP) is 0.797. The van der Waals surface area contributed by atoms with Gasteiger partial charge < -0.3 is 15.4 Å². The third-order valence-electron chi connectivity index (χ3n) is 2.39. The molecule has 0 bridgehead atoms. The first-order valence-corrected chi connectivity index (χ1v) is 5.64. The number of anilines is 1. The van der Waals surface area contributed by atoms with Gasteiger partial charge in [0.1, 0.15) is 5.82 Å². The number of pyridine rings is 1. The largest absolute Gasteiger partial charge is 0.372 e. The first-order valence-electron chi connectivity index (χ1n) is 5.64. The monoisotopic (exact) mass is 237 g/mol. The van der Waals surface area contributed by atoms with E-state index in [1.807, 2.05) is 24.4 Å². The Hall–Kier alpha value is -1.62. The molecule has 1 aliphatic rings. The summed E-state index contributed by atoms with van der Waals surface area (Å²) in [7, 11) is 0. The van der Waals surface area contributed by atoms with E-state index in [-0.39, 0.29) is 6.41 Å². The summed E-state index contributed by atoms with van der Waals surface area (Å²) in [4.78, 5) is 15.2. The van der Waals surface area contributed by atoms with Gasteiger partial charge in [-0.3, -0.25) is 4.79 Å². The molecule has 2 heterocycles. The highest BCUT2D eigenvalue weighted by atomic mass is 16.5. The second-order valence-electron chi connectivity index (χ2n) is 3.99. The van der Waals surface area contributed by atoms with Gasteiger partial charge in [-0.15, -0.1) is 0 Å². The van der Waals surface area contributed by atoms with Crippen LogP contribution in [0.5, 0.6) is 0 Å². The van der Waals surface area contributed by atoms with Crippen LogP contribution in [0.15, 0.2) is 24.4 Å². The quantitative estimate of drug-likeness (QED) is 0.733. The maximum atomic E-state index is 8.58. The Labute approximate surface area is 102 Å². The van der Waals surface area contributed by atoms with Gasteiger partial charge in [-0.2, -0.15) is 0 Å². The van der Waals surface area contributed by atoms with Crippen LogP contribution < -0.4 is 10.6 Å². The minimum absolute atomic E-state index is 0.250. The number of nitrogens with zero attached hydrogens (tertiary/aromatic N) is 2. The average molecular weight is 237 g/mol. The summed E-state index contributed by atoms with van der Waals surface area (Å²) in [6, 6.07) is 6.01. The van der Waals surface area contributed by atoms with Gasteiger partial charge in [0, 0.05) is 19.3 Å². The van der Waals surface area contributed by atoms with Crippen molar-refractivity contribution in [1.29, 1.82) is 0 Å². The third-order valence-corrected chi connectivity index (χ3v) is 2.39. The van der Waals surface area contributed by atoms with Gasteiger partial charge in [-0.05, 0) is 26.0 Å². The molecule has 1 amide bonds. The molecule has 0 spiro atoms. The standard InChI is InChI=1S/C11H16N2O.CH3NO/c1-9-7-13(8-10(2)14-9)11-5-3-4-6-12-11;2-1-3/h3-6,9-10H,7-8H2,1-2H3;1H,(H2,2,3). The van der Waals surface area contributed by atoms with Crippen LogP contribution in [0.1, 0.15) is 13.8 Å². The molecular formula is C12H19N3O2. The van der Waals surface area contributed by atoms with Gasteiger partial charge in [0.25, 0.3) is 0 Å². The molecule has 0 aliphatic carbocycles. The lowest BCUT2D eigenvalue weighted by Gasteiger charge is -2.35. The Kier molecular flexibility index (Phi) is 5.42. The summed E-state index contributed by atoms with van der Waals surface area (Å²) in [5.74, 6) is 1.05. The van der Waals surface area contributed by atoms with E-state index in [1.165, 1.54) is 0 Å². The van der Waals surface area contributed by atoms with E-state index < -0.39 is 0 Å². The zero-order valence-corrected chi connectivity index (χ0v) is 10.2. The number of rotatable bonds is 1. The van der Waals surface area contributed by atoms with Crippen molar-refractivity contribution >= 4 is 12.2 Å². The van der Waals surface area contributed by atoms with Gasteiger partial charge in [0.2, 0.25) is 6.41 Å². The first kappa shape index (κ1) is 13.4. The zero-order valence-electron chi connectivity index (χ0n) is 10.2. The summed E-state index contributed by atoms with van der Waals surface area (Å²) in [5.41, 5.74) is 4.17. The topological polar surface area (TPSA) is 68.5 Å². The van der Waals surface area contributed by atoms with Gasteiger partial charge in [-0.25, -0.2) is 4.98 Å². The number of morpholine rings is 1. The lowest BCUT2D eigenvalue weighted by atomic mass is 10.2. The maximum absolute atomic E-state index is 8.58. The number of hydrogen-bond donors (Lipinski definition) is 1. The second-order valence-corrected chi connectivity index (χ2v) is 3.99. The molecule has 1 aliphatic heterocycles. The van der Waals surface area contributed by atoms with Crippen LogP contribution in [0.4, 0.5) is 5.82 Å². The maximum Gasteiger partial charge on any atom is 0.204 e. The molecule has 2 rings (SSSR count). The van der Waals surface area contributed by atoms with E-state index in [2.05, 4.69) is 29.5 Å². The first-order chi connectivity index (χ1) is 8.17. The molecule has 5 nitrogen and oxygen atoms in total. The average Bonchev–Trinajstić information content (AvgIpc) is 2.30. The van der Waals surface area contributed by atoms with Crippen molar-refractivity contribution in [1.82, 2.24) is 4.98 Å². The zero-order chi connectivity index (χ0) is 12.7. The SMILES string of the molecule is CC1CN(c2ccccn2)CC(C)O1.NC=O. The van der Waals surface area contributed by atoms with Crippen molar-refractivity contribution < 1.29 is 9.53 Å². The molecule has 1 aromatic heterocycles. The van der Waals surface area contributed by atoms with Crippen LogP contribution in [0.25, 0.3) is 0 Å². The van der Waals surface area contributed by atoms with E-state index in [1.54, 1.807) is 0 Å². The Morgan fingerprint density at radius 2 is 2.00 bits per heavy atom. The third kappa shape index (κ3) is 4.40. The van der Waals surface area contributed by atoms with Gasteiger partial charge in [-0.1, -0.05) is 6.07 Å². The molecule has 1 aromatic rings. The molecule has 94 valence electrons. The Balaban J connectivity index is 0.000000437. The number of hydrogen-bond acceptors (Lipinski definition) is 4. The molecule has 1 saturated heterocycles. The molecule has 0 radical (unpaired) electrons. The molecule has 5 heteroatoms. The molecule has 0 saturated carbocycles. The highest BCUT2D eigenvalue weighted by molar-refractivity contribution is 5.42. The van der Waals surface area contributed by atoms with E-state index in [9.17, 15) is 0 Å². The van der Waals surface area contributed by atoms with E-state index in [0.29, 0.717) is 12.2 Å². The van der Waals surface area contributed by atoms with Crippen molar-refractivity contribution in [3.8, 4) is 0 Å². The number of amides is 1. The van der Waals surface area contributed by atoms with Crippen LogP contribution in [0.3, 0.4) is 0 Å². The number of ether oxygens (including phenoxy) is 1. The number of nitrogens with two attached hydrogens (primary N) is 1. The van der Waals surface area contributed by atoms with Crippen molar-refractivity contribution in [2.24, 2.45) is 5.73 Å².